The number of fused-ring (bicyclic) bond motifs is 1. The van der Waals surface area contributed by atoms with Crippen molar-refractivity contribution in [1.82, 2.24) is 9.55 Å². The van der Waals surface area contributed by atoms with Gasteiger partial charge in [0.25, 0.3) is 0 Å². The van der Waals surface area contributed by atoms with Gasteiger partial charge in [-0.2, -0.15) is 0 Å². The minimum Gasteiger partial charge on any atom is -0.377 e. The first-order valence-electron chi connectivity index (χ1n) is 9.78. The molecule has 0 fully saturated rings. The van der Waals surface area contributed by atoms with Gasteiger partial charge >= 0.3 is 0 Å². The fraction of sp³-hybridized carbons (Fsp3) is 0.167. The number of halogens is 1. The summed E-state index contributed by atoms with van der Waals surface area (Å²) in [7, 11) is 1.51. The standard InChI is InChI=1S/C24H22FN3O2/c1-3-20(30-2)22-18(25)15-26-24-23(22)19(29)14-21(27-16-10-6-4-7-11-16)28(24)17-12-8-5-9-13-17/h4-15,20,27H,3H2,1-2H3. The van der Waals surface area contributed by atoms with Gasteiger partial charge in [0, 0.05) is 30.1 Å². The van der Waals surface area contributed by atoms with E-state index in [0.717, 1.165) is 17.6 Å². The van der Waals surface area contributed by atoms with Gasteiger partial charge in [-0.1, -0.05) is 43.3 Å². The molecule has 0 aliphatic heterocycles. The molecule has 0 aliphatic rings. The SMILES string of the molecule is CCC(OC)c1c(F)cnc2c1c(=O)cc(Nc1ccccc1)n2-c1ccccc1. The van der Waals surface area contributed by atoms with Gasteiger partial charge in [-0.25, -0.2) is 9.37 Å². The van der Waals surface area contributed by atoms with Gasteiger partial charge in [0.1, 0.15) is 11.6 Å². The number of para-hydroxylation sites is 2. The highest BCUT2D eigenvalue weighted by Gasteiger charge is 2.23. The second kappa shape index (κ2) is 8.47. The van der Waals surface area contributed by atoms with Crippen molar-refractivity contribution in [2.24, 2.45) is 0 Å². The first-order chi connectivity index (χ1) is 14.6. The molecular formula is C24H22FN3O2. The molecule has 30 heavy (non-hydrogen) atoms. The highest BCUT2D eigenvalue weighted by molar-refractivity contribution is 5.84. The number of rotatable bonds is 6. The number of methoxy groups -OCH3 is 1. The average molecular weight is 403 g/mol. The molecule has 0 saturated heterocycles. The summed E-state index contributed by atoms with van der Waals surface area (Å²) in [5.41, 5.74) is 1.93. The monoisotopic (exact) mass is 403 g/mol. The van der Waals surface area contributed by atoms with E-state index in [1.54, 1.807) is 0 Å². The summed E-state index contributed by atoms with van der Waals surface area (Å²) in [5.74, 6) is -0.00268. The topological polar surface area (TPSA) is 56.1 Å². The molecule has 1 unspecified atom stereocenters. The summed E-state index contributed by atoms with van der Waals surface area (Å²) >= 11 is 0. The van der Waals surface area contributed by atoms with Crippen molar-refractivity contribution in [2.45, 2.75) is 19.4 Å². The van der Waals surface area contributed by atoms with E-state index in [2.05, 4.69) is 10.3 Å². The predicted molar refractivity (Wildman–Crippen MR) is 117 cm³/mol. The number of hydrogen-bond donors (Lipinski definition) is 1. The van der Waals surface area contributed by atoms with Crippen LogP contribution in [-0.4, -0.2) is 16.7 Å². The van der Waals surface area contributed by atoms with Crippen LogP contribution < -0.4 is 10.7 Å². The third-order valence-corrected chi connectivity index (χ3v) is 5.06. The van der Waals surface area contributed by atoms with Crippen molar-refractivity contribution in [1.29, 1.82) is 0 Å². The Bertz CT molecular complexity index is 1220. The zero-order chi connectivity index (χ0) is 21.1. The lowest BCUT2D eigenvalue weighted by Crippen LogP contribution is -2.17. The molecular weight excluding hydrogens is 381 g/mol. The number of pyridine rings is 2. The highest BCUT2D eigenvalue weighted by Crippen LogP contribution is 2.31. The molecule has 6 heteroatoms. The number of anilines is 2. The molecule has 1 atom stereocenters. The Kier molecular flexibility index (Phi) is 5.59. The third kappa shape index (κ3) is 3.57. The predicted octanol–water partition coefficient (Wildman–Crippen LogP) is 5.37. The maximum atomic E-state index is 14.8. The van der Waals surface area contributed by atoms with Crippen LogP contribution in [0.4, 0.5) is 15.9 Å². The largest absolute Gasteiger partial charge is 0.377 e. The maximum absolute atomic E-state index is 14.8. The molecule has 152 valence electrons. The van der Waals surface area contributed by atoms with Gasteiger partial charge in [-0.05, 0) is 30.7 Å². The number of benzene rings is 2. The Morgan fingerprint density at radius 3 is 2.40 bits per heavy atom. The van der Waals surface area contributed by atoms with E-state index in [1.807, 2.05) is 72.2 Å². The molecule has 2 heterocycles. The summed E-state index contributed by atoms with van der Waals surface area (Å²) < 4.78 is 22.1. The molecule has 2 aromatic carbocycles. The summed E-state index contributed by atoms with van der Waals surface area (Å²) in [4.78, 5) is 17.5. The van der Waals surface area contributed by atoms with E-state index in [-0.39, 0.29) is 16.4 Å². The van der Waals surface area contributed by atoms with Gasteiger partial charge in [-0.3, -0.25) is 9.36 Å². The number of aromatic nitrogens is 2. The molecule has 0 aliphatic carbocycles. The van der Waals surface area contributed by atoms with Gasteiger partial charge in [0.15, 0.2) is 11.1 Å². The smallest absolute Gasteiger partial charge is 0.193 e. The zero-order valence-corrected chi connectivity index (χ0v) is 16.8. The molecule has 1 N–H and O–H groups in total. The number of nitrogens with zero attached hydrogens (tertiary/aromatic N) is 2. The minimum absolute atomic E-state index is 0.228. The van der Waals surface area contributed by atoms with Crippen molar-refractivity contribution in [3.63, 3.8) is 0 Å². The Balaban J connectivity index is 2.06. The van der Waals surface area contributed by atoms with Crippen LogP contribution in [-0.2, 0) is 4.74 Å². The van der Waals surface area contributed by atoms with E-state index in [9.17, 15) is 9.18 Å². The Labute approximate surface area is 173 Å². The van der Waals surface area contributed by atoms with Crippen LogP contribution in [0.5, 0.6) is 0 Å². The lowest BCUT2D eigenvalue weighted by atomic mass is 10.0. The van der Waals surface area contributed by atoms with Crippen LogP contribution in [0.25, 0.3) is 16.7 Å². The van der Waals surface area contributed by atoms with Gasteiger partial charge in [0.05, 0.1) is 17.7 Å². The van der Waals surface area contributed by atoms with E-state index in [4.69, 9.17) is 4.74 Å². The molecule has 4 rings (SSSR count). The zero-order valence-electron chi connectivity index (χ0n) is 16.8. The third-order valence-electron chi connectivity index (χ3n) is 5.06. The highest BCUT2D eigenvalue weighted by atomic mass is 19.1. The van der Waals surface area contributed by atoms with Crippen molar-refractivity contribution < 1.29 is 9.13 Å². The molecule has 0 radical (unpaired) electrons. The van der Waals surface area contributed by atoms with Crippen LogP contribution in [0.3, 0.4) is 0 Å². The van der Waals surface area contributed by atoms with Crippen LogP contribution in [0, 0.1) is 5.82 Å². The van der Waals surface area contributed by atoms with E-state index < -0.39 is 11.9 Å². The van der Waals surface area contributed by atoms with Crippen molar-refractivity contribution >= 4 is 22.5 Å². The molecule has 0 amide bonds. The first kappa shape index (κ1) is 19.8. The second-order valence-corrected chi connectivity index (χ2v) is 6.91. The molecule has 4 aromatic rings. The Hall–Kier alpha value is -3.51. The number of hydrogen-bond acceptors (Lipinski definition) is 4. The van der Waals surface area contributed by atoms with Crippen LogP contribution in [0.2, 0.25) is 0 Å². The van der Waals surface area contributed by atoms with Gasteiger partial charge in [-0.15, -0.1) is 0 Å². The summed E-state index contributed by atoms with van der Waals surface area (Å²) in [6, 6.07) is 20.6. The van der Waals surface area contributed by atoms with Crippen LogP contribution in [0.1, 0.15) is 25.0 Å². The molecule has 0 spiro atoms. The first-order valence-corrected chi connectivity index (χ1v) is 9.78. The van der Waals surface area contributed by atoms with Gasteiger partial charge < -0.3 is 10.1 Å². The number of ether oxygens (including phenoxy) is 1. The van der Waals surface area contributed by atoms with E-state index in [1.165, 1.54) is 13.2 Å². The molecule has 5 nitrogen and oxygen atoms in total. The van der Waals surface area contributed by atoms with Crippen molar-refractivity contribution in [3.8, 4) is 5.69 Å². The fourth-order valence-electron chi connectivity index (χ4n) is 3.68. The number of nitrogens with one attached hydrogen (secondary N) is 1. The molecule has 0 bridgehead atoms. The quantitative estimate of drug-likeness (QED) is 0.470. The van der Waals surface area contributed by atoms with Gasteiger partial charge in [0.2, 0.25) is 0 Å². The average Bonchev–Trinajstić information content (AvgIpc) is 2.77. The maximum Gasteiger partial charge on any atom is 0.193 e. The molecule has 0 saturated carbocycles. The minimum atomic E-state index is -0.545. The summed E-state index contributed by atoms with van der Waals surface area (Å²) in [6.07, 6.45) is 1.15. The summed E-state index contributed by atoms with van der Waals surface area (Å²) in [6.45, 7) is 1.89. The Morgan fingerprint density at radius 2 is 1.77 bits per heavy atom. The van der Waals surface area contributed by atoms with Crippen LogP contribution in [0.15, 0.2) is 77.7 Å². The lowest BCUT2D eigenvalue weighted by Gasteiger charge is -2.21. The lowest BCUT2D eigenvalue weighted by molar-refractivity contribution is 0.0980. The van der Waals surface area contributed by atoms with E-state index in [0.29, 0.717) is 17.9 Å². The Morgan fingerprint density at radius 1 is 1.10 bits per heavy atom. The van der Waals surface area contributed by atoms with E-state index >= 15 is 0 Å². The second-order valence-electron chi connectivity index (χ2n) is 6.91. The van der Waals surface area contributed by atoms with Crippen molar-refractivity contribution in [2.75, 3.05) is 12.4 Å². The van der Waals surface area contributed by atoms with Crippen molar-refractivity contribution in [3.05, 3.63) is 94.5 Å². The summed E-state index contributed by atoms with van der Waals surface area (Å²) in [5, 5.41) is 3.52. The fourth-order valence-corrected chi connectivity index (χ4v) is 3.68. The normalized spacial score (nSPS) is 12.1. The molecule has 2 aromatic heterocycles. The van der Waals surface area contributed by atoms with Crippen LogP contribution >= 0.6 is 0 Å².